The second kappa shape index (κ2) is 6.91. The Morgan fingerprint density at radius 2 is 1.96 bits per heavy atom. The Morgan fingerprint density at radius 3 is 2.67 bits per heavy atom. The topological polar surface area (TPSA) is 65.7 Å². The van der Waals surface area contributed by atoms with Crippen LogP contribution in [0.1, 0.15) is 28.4 Å². The van der Waals surface area contributed by atoms with Crippen molar-refractivity contribution < 1.29 is 14.6 Å². The molecule has 1 aliphatic heterocycles. The van der Waals surface area contributed by atoms with E-state index >= 15 is 0 Å². The summed E-state index contributed by atoms with van der Waals surface area (Å²) in [6.45, 7) is 1.82. The van der Waals surface area contributed by atoms with E-state index in [2.05, 4.69) is 11.0 Å². The molecular formula is C19H20N2O3. The van der Waals surface area contributed by atoms with E-state index in [0.29, 0.717) is 30.9 Å². The predicted octanol–water partition coefficient (Wildman–Crippen LogP) is 2.62. The number of β-amino-alcohol motifs (C(OH)–C–C–N with tert-alkyl or cyclic N) is 1. The van der Waals surface area contributed by atoms with Crippen LogP contribution >= 0.6 is 0 Å². The van der Waals surface area contributed by atoms with Crippen LogP contribution in [0, 0.1) is 11.3 Å². The van der Waals surface area contributed by atoms with E-state index in [0.717, 1.165) is 22.4 Å². The number of methoxy groups -OCH3 is 2. The molecule has 0 unspecified atom stereocenters. The fourth-order valence-corrected chi connectivity index (χ4v) is 3.26. The minimum Gasteiger partial charge on any atom is -0.496 e. The SMILES string of the molecule is COc1ccc(OC)c2c1CN(Cc1cccc(C#N)c1)C[C@@H]2O. The van der Waals surface area contributed by atoms with Gasteiger partial charge in [-0.15, -0.1) is 0 Å². The number of aliphatic hydroxyl groups excluding tert-OH is 1. The van der Waals surface area contributed by atoms with Crippen molar-refractivity contribution in [3.8, 4) is 17.6 Å². The smallest absolute Gasteiger partial charge is 0.125 e. The largest absolute Gasteiger partial charge is 0.496 e. The zero-order valence-electron chi connectivity index (χ0n) is 13.8. The van der Waals surface area contributed by atoms with Crippen molar-refractivity contribution in [1.82, 2.24) is 4.90 Å². The van der Waals surface area contributed by atoms with E-state index < -0.39 is 6.10 Å². The normalized spacial score (nSPS) is 17.0. The van der Waals surface area contributed by atoms with Crippen molar-refractivity contribution in [2.24, 2.45) is 0 Å². The van der Waals surface area contributed by atoms with Gasteiger partial charge in [-0.1, -0.05) is 12.1 Å². The first-order valence-corrected chi connectivity index (χ1v) is 7.79. The van der Waals surface area contributed by atoms with E-state index in [1.54, 1.807) is 20.3 Å². The molecule has 0 aliphatic carbocycles. The molecule has 5 nitrogen and oxygen atoms in total. The van der Waals surface area contributed by atoms with E-state index in [1.807, 2.05) is 30.3 Å². The first kappa shape index (κ1) is 16.3. The Kier molecular flexibility index (Phi) is 4.70. The Labute approximate surface area is 141 Å². The van der Waals surface area contributed by atoms with Crippen LogP contribution in [0.3, 0.4) is 0 Å². The number of nitriles is 1. The fraction of sp³-hybridized carbons (Fsp3) is 0.316. The van der Waals surface area contributed by atoms with Gasteiger partial charge in [0.25, 0.3) is 0 Å². The molecule has 124 valence electrons. The Bertz CT molecular complexity index is 783. The second-order valence-corrected chi connectivity index (χ2v) is 5.86. The molecule has 3 rings (SSSR count). The van der Waals surface area contributed by atoms with Crippen LogP contribution in [0.15, 0.2) is 36.4 Å². The zero-order valence-corrected chi connectivity index (χ0v) is 13.8. The van der Waals surface area contributed by atoms with Crippen molar-refractivity contribution in [2.75, 3.05) is 20.8 Å². The van der Waals surface area contributed by atoms with Gasteiger partial charge in [0.2, 0.25) is 0 Å². The summed E-state index contributed by atoms with van der Waals surface area (Å²) >= 11 is 0. The molecule has 24 heavy (non-hydrogen) atoms. The molecule has 2 aromatic carbocycles. The summed E-state index contributed by atoms with van der Waals surface area (Å²) < 4.78 is 10.9. The molecule has 0 fully saturated rings. The van der Waals surface area contributed by atoms with Gasteiger partial charge in [0, 0.05) is 30.8 Å². The first-order valence-electron chi connectivity index (χ1n) is 7.79. The van der Waals surface area contributed by atoms with Gasteiger partial charge in [0.05, 0.1) is 32.0 Å². The zero-order chi connectivity index (χ0) is 17.1. The minimum atomic E-state index is -0.641. The number of fused-ring (bicyclic) bond motifs is 1. The van der Waals surface area contributed by atoms with Gasteiger partial charge in [-0.2, -0.15) is 5.26 Å². The van der Waals surface area contributed by atoms with Gasteiger partial charge >= 0.3 is 0 Å². The standard InChI is InChI=1S/C19H20N2O3/c1-23-17-6-7-18(24-2)19-15(17)11-21(12-16(19)22)10-14-5-3-4-13(8-14)9-20/h3-8,16,22H,10-12H2,1-2H3/t16-/m0/s1. The number of hydrogen-bond acceptors (Lipinski definition) is 5. The molecule has 5 heteroatoms. The average Bonchev–Trinajstić information content (AvgIpc) is 2.60. The van der Waals surface area contributed by atoms with Crippen molar-refractivity contribution >= 4 is 0 Å². The van der Waals surface area contributed by atoms with Gasteiger partial charge in [0.15, 0.2) is 0 Å². The van der Waals surface area contributed by atoms with Crippen molar-refractivity contribution in [3.05, 3.63) is 58.7 Å². The van der Waals surface area contributed by atoms with Crippen LogP contribution in [-0.4, -0.2) is 30.8 Å². The number of ether oxygens (including phenoxy) is 2. The predicted molar refractivity (Wildman–Crippen MR) is 89.8 cm³/mol. The van der Waals surface area contributed by atoms with Crippen LogP contribution in [0.4, 0.5) is 0 Å². The van der Waals surface area contributed by atoms with Gasteiger partial charge in [0.1, 0.15) is 11.5 Å². The maximum atomic E-state index is 10.6. The maximum absolute atomic E-state index is 10.6. The number of hydrogen-bond donors (Lipinski definition) is 1. The molecule has 0 aromatic heterocycles. The molecule has 1 N–H and O–H groups in total. The minimum absolute atomic E-state index is 0.507. The molecule has 1 heterocycles. The molecule has 0 radical (unpaired) electrons. The quantitative estimate of drug-likeness (QED) is 0.936. The van der Waals surface area contributed by atoms with Crippen LogP contribution < -0.4 is 9.47 Å². The third-order valence-electron chi connectivity index (χ3n) is 4.32. The summed E-state index contributed by atoms with van der Waals surface area (Å²) in [5, 5.41) is 19.6. The second-order valence-electron chi connectivity index (χ2n) is 5.86. The molecule has 0 saturated carbocycles. The van der Waals surface area contributed by atoms with Crippen LogP contribution in [0.2, 0.25) is 0 Å². The molecule has 0 amide bonds. The highest BCUT2D eigenvalue weighted by Crippen LogP contribution is 2.39. The molecule has 0 bridgehead atoms. The van der Waals surface area contributed by atoms with Crippen molar-refractivity contribution in [2.45, 2.75) is 19.2 Å². The van der Waals surface area contributed by atoms with Crippen molar-refractivity contribution in [3.63, 3.8) is 0 Å². The van der Waals surface area contributed by atoms with E-state index in [4.69, 9.17) is 14.7 Å². The van der Waals surface area contributed by atoms with E-state index in [9.17, 15) is 5.11 Å². The molecule has 1 atom stereocenters. The summed E-state index contributed by atoms with van der Waals surface area (Å²) in [5.41, 5.74) is 3.45. The van der Waals surface area contributed by atoms with Gasteiger partial charge < -0.3 is 14.6 Å². The summed E-state index contributed by atoms with van der Waals surface area (Å²) in [4.78, 5) is 2.14. The van der Waals surface area contributed by atoms with Crippen molar-refractivity contribution in [1.29, 1.82) is 5.26 Å². The molecule has 0 spiro atoms. The highest BCUT2D eigenvalue weighted by atomic mass is 16.5. The maximum Gasteiger partial charge on any atom is 0.125 e. The van der Waals surface area contributed by atoms with Gasteiger partial charge in [-0.3, -0.25) is 4.90 Å². The summed E-state index contributed by atoms with van der Waals surface area (Å²) in [7, 11) is 3.23. The van der Waals surface area contributed by atoms with E-state index in [-0.39, 0.29) is 0 Å². The Morgan fingerprint density at radius 1 is 1.21 bits per heavy atom. The number of aliphatic hydroxyl groups is 1. The summed E-state index contributed by atoms with van der Waals surface area (Å²) in [6.07, 6.45) is -0.641. The van der Waals surface area contributed by atoms with Crippen LogP contribution in [-0.2, 0) is 13.1 Å². The summed E-state index contributed by atoms with van der Waals surface area (Å²) in [6, 6.07) is 13.4. The van der Waals surface area contributed by atoms with Gasteiger partial charge in [-0.25, -0.2) is 0 Å². The van der Waals surface area contributed by atoms with Crippen LogP contribution in [0.5, 0.6) is 11.5 Å². The lowest BCUT2D eigenvalue weighted by Gasteiger charge is -2.34. The van der Waals surface area contributed by atoms with Crippen LogP contribution in [0.25, 0.3) is 0 Å². The first-order chi connectivity index (χ1) is 11.7. The number of rotatable bonds is 4. The van der Waals surface area contributed by atoms with E-state index in [1.165, 1.54) is 0 Å². The number of nitrogens with zero attached hydrogens (tertiary/aromatic N) is 2. The molecule has 1 aliphatic rings. The Balaban J connectivity index is 1.90. The molecule has 2 aromatic rings. The molecule has 0 saturated heterocycles. The average molecular weight is 324 g/mol. The number of benzene rings is 2. The lowest BCUT2D eigenvalue weighted by atomic mass is 9.94. The highest BCUT2D eigenvalue weighted by molar-refractivity contribution is 5.51. The highest BCUT2D eigenvalue weighted by Gasteiger charge is 2.29. The third-order valence-corrected chi connectivity index (χ3v) is 4.32. The molecular weight excluding hydrogens is 304 g/mol. The monoisotopic (exact) mass is 324 g/mol. The summed E-state index contributed by atoms with van der Waals surface area (Å²) in [5.74, 6) is 1.43. The fourth-order valence-electron chi connectivity index (χ4n) is 3.26. The van der Waals surface area contributed by atoms with Gasteiger partial charge in [-0.05, 0) is 29.8 Å². The lowest BCUT2D eigenvalue weighted by molar-refractivity contribution is 0.0843. The third kappa shape index (κ3) is 3.07. The Hall–Kier alpha value is -2.55. The lowest BCUT2D eigenvalue weighted by Crippen LogP contribution is -2.33.